The molecule has 0 saturated heterocycles. The van der Waals surface area contributed by atoms with Crippen LogP contribution in [0.4, 0.5) is 5.69 Å². The smallest absolute Gasteiger partial charge is 0.300 e. The molecule has 0 aliphatic carbocycles. The molecule has 3 aromatic carbocycles. The molecule has 3 aromatic rings. The lowest BCUT2D eigenvalue weighted by atomic mass is 10.1. The van der Waals surface area contributed by atoms with Crippen molar-refractivity contribution in [3.8, 4) is 5.75 Å². The van der Waals surface area contributed by atoms with E-state index in [0.717, 1.165) is 5.56 Å². The molecule has 116 valence electrons. The Morgan fingerprint density at radius 1 is 0.957 bits per heavy atom. The topological polar surface area (TPSA) is 79.1 Å². The van der Waals surface area contributed by atoms with E-state index in [1.807, 2.05) is 13.0 Å². The van der Waals surface area contributed by atoms with Gasteiger partial charge < -0.3 is 5.11 Å². The SMILES string of the molecule is Cc1cccc(N=NS(=O)(=O)c2cc(O)cc3ccccc23)c1. The normalized spacial score (nSPS) is 12.0. The van der Waals surface area contributed by atoms with Crippen LogP contribution in [0.15, 0.2) is 75.2 Å². The van der Waals surface area contributed by atoms with Crippen molar-refractivity contribution < 1.29 is 13.5 Å². The summed E-state index contributed by atoms with van der Waals surface area (Å²) in [7, 11) is -4.02. The first kappa shape index (κ1) is 15.2. The maximum Gasteiger partial charge on any atom is 0.300 e. The molecule has 0 aliphatic heterocycles. The molecule has 0 unspecified atom stereocenters. The fourth-order valence-electron chi connectivity index (χ4n) is 2.31. The summed E-state index contributed by atoms with van der Waals surface area (Å²) in [4.78, 5) is -0.0653. The van der Waals surface area contributed by atoms with Gasteiger partial charge >= 0.3 is 10.0 Å². The maximum absolute atomic E-state index is 12.5. The first-order valence-electron chi connectivity index (χ1n) is 6.92. The van der Waals surface area contributed by atoms with Gasteiger partial charge in [0.25, 0.3) is 0 Å². The van der Waals surface area contributed by atoms with Crippen LogP contribution in [0.5, 0.6) is 5.75 Å². The first-order chi connectivity index (χ1) is 11.0. The average Bonchev–Trinajstić information content (AvgIpc) is 2.52. The third kappa shape index (κ3) is 3.22. The molecule has 1 N–H and O–H groups in total. The van der Waals surface area contributed by atoms with E-state index in [1.165, 1.54) is 12.1 Å². The minimum Gasteiger partial charge on any atom is -0.508 e. The molecule has 0 spiro atoms. The second kappa shape index (κ2) is 5.81. The molecule has 3 rings (SSSR count). The summed E-state index contributed by atoms with van der Waals surface area (Å²) < 4.78 is 28.5. The number of hydrogen-bond acceptors (Lipinski definition) is 4. The van der Waals surface area contributed by atoms with Crippen molar-refractivity contribution >= 4 is 26.5 Å². The highest BCUT2D eigenvalue weighted by Gasteiger charge is 2.18. The van der Waals surface area contributed by atoms with Crippen LogP contribution in [-0.4, -0.2) is 13.5 Å². The van der Waals surface area contributed by atoms with Crippen LogP contribution in [0, 0.1) is 6.92 Å². The van der Waals surface area contributed by atoms with Crippen LogP contribution < -0.4 is 0 Å². The standard InChI is InChI=1S/C17H14N2O3S/c1-12-5-4-7-14(9-12)18-19-23(21,22)17-11-15(20)10-13-6-2-3-8-16(13)17/h2-11,20H,1H3. The van der Waals surface area contributed by atoms with Crippen LogP contribution in [0.1, 0.15) is 5.56 Å². The van der Waals surface area contributed by atoms with Gasteiger partial charge in [0.1, 0.15) is 10.6 Å². The zero-order chi connectivity index (χ0) is 16.4. The number of fused-ring (bicyclic) bond motifs is 1. The Morgan fingerprint density at radius 2 is 1.74 bits per heavy atom. The van der Waals surface area contributed by atoms with Gasteiger partial charge in [-0.25, -0.2) is 0 Å². The predicted octanol–water partition coefficient (Wildman–Crippen LogP) is 4.33. The van der Waals surface area contributed by atoms with Crippen LogP contribution in [0.25, 0.3) is 10.8 Å². The number of nitrogens with zero attached hydrogens (tertiary/aromatic N) is 2. The molecular weight excluding hydrogens is 312 g/mol. The summed E-state index contributed by atoms with van der Waals surface area (Å²) in [6, 6.07) is 16.7. The molecule has 0 fully saturated rings. The summed E-state index contributed by atoms with van der Waals surface area (Å²) in [5.74, 6) is -0.131. The van der Waals surface area contributed by atoms with Gasteiger partial charge in [-0.2, -0.15) is 8.42 Å². The average molecular weight is 326 g/mol. The number of phenolic OH excluding ortho intramolecular Hbond substituents is 1. The minimum atomic E-state index is -4.02. The highest BCUT2D eigenvalue weighted by Crippen LogP contribution is 2.30. The van der Waals surface area contributed by atoms with Crippen molar-refractivity contribution in [3.05, 3.63) is 66.2 Å². The van der Waals surface area contributed by atoms with Gasteiger partial charge in [0, 0.05) is 11.5 Å². The molecule has 0 amide bonds. The number of sulfonamides is 1. The summed E-state index contributed by atoms with van der Waals surface area (Å²) in [5.41, 5.74) is 1.42. The van der Waals surface area contributed by atoms with Gasteiger partial charge in [0.2, 0.25) is 0 Å². The van der Waals surface area contributed by atoms with Crippen LogP contribution in [-0.2, 0) is 10.0 Å². The molecule has 0 saturated carbocycles. The van der Waals surface area contributed by atoms with Gasteiger partial charge in [-0.3, -0.25) is 0 Å². The Morgan fingerprint density at radius 3 is 2.52 bits per heavy atom. The second-order valence-corrected chi connectivity index (χ2v) is 6.71. The first-order valence-corrected chi connectivity index (χ1v) is 8.36. The molecule has 0 heterocycles. The zero-order valence-electron chi connectivity index (χ0n) is 12.3. The fourth-order valence-corrected chi connectivity index (χ4v) is 3.33. The summed E-state index contributed by atoms with van der Waals surface area (Å²) in [6.07, 6.45) is 0. The maximum atomic E-state index is 12.5. The lowest BCUT2D eigenvalue weighted by Gasteiger charge is -2.05. The quantitative estimate of drug-likeness (QED) is 0.728. The minimum absolute atomic E-state index is 0.0653. The van der Waals surface area contributed by atoms with Gasteiger partial charge in [0.05, 0.1) is 5.69 Å². The molecule has 23 heavy (non-hydrogen) atoms. The number of hydrogen-bond donors (Lipinski definition) is 1. The van der Waals surface area contributed by atoms with Crippen molar-refractivity contribution in [1.82, 2.24) is 0 Å². The Bertz CT molecular complexity index is 1010. The van der Waals surface area contributed by atoms with Crippen molar-refractivity contribution in [2.75, 3.05) is 0 Å². The third-order valence-corrected chi connectivity index (χ3v) is 4.54. The van der Waals surface area contributed by atoms with E-state index in [1.54, 1.807) is 42.5 Å². The Balaban J connectivity index is 2.10. The monoisotopic (exact) mass is 326 g/mol. The van der Waals surface area contributed by atoms with Crippen LogP contribution >= 0.6 is 0 Å². The predicted molar refractivity (Wildman–Crippen MR) is 88.5 cm³/mol. The van der Waals surface area contributed by atoms with Crippen LogP contribution in [0.3, 0.4) is 0 Å². The van der Waals surface area contributed by atoms with Crippen molar-refractivity contribution in [3.63, 3.8) is 0 Å². The van der Waals surface area contributed by atoms with Gasteiger partial charge in [-0.15, -0.1) is 5.11 Å². The van der Waals surface area contributed by atoms with Crippen molar-refractivity contribution in [2.45, 2.75) is 11.8 Å². The Hall–Kier alpha value is -2.73. The Kier molecular flexibility index (Phi) is 3.83. The third-order valence-electron chi connectivity index (χ3n) is 3.35. The van der Waals surface area contributed by atoms with Crippen molar-refractivity contribution in [1.29, 1.82) is 0 Å². The molecule has 0 aromatic heterocycles. The summed E-state index contributed by atoms with van der Waals surface area (Å²) in [6.45, 7) is 1.89. The molecule has 0 radical (unpaired) electrons. The molecule has 5 nitrogen and oxygen atoms in total. The molecule has 0 aliphatic rings. The van der Waals surface area contributed by atoms with E-state index in [-0.39, 0.29) is 10.6 Å². The van der Waals surface area contributed by atoms with Crippen LogP contribution in [0.2, 0.25) is 0 Å². The van der Waals surface area contributed by atoms with Gasteiger partial charge in [-0.1, -0.05) is 40.9 Å². The van der Waals surface area contributed by atoms with Gasteiger partial charge in [0.15, 0.2) is 0 Å². The summed E-state index contributed by atoms with van der Waals surface area (Å²) in [5, 5.41) is 14.7. The zero-order valence-corrected chi connectivity index (χ0v) is 13.2. The highest BCUT2D eigenvalue weighted by atomic mass is 32.2. The van der Waals surface area contributed by atoms with E-state index >= 15 is 0 Å². The van der Waals surface area contributed by atoms with Crippen molar-refractivity contribution in [2.24, 2.45) is 9.63 Å². The van der Waals surface area contributed by atoms with E-state index < -0.39 is 10.0 Å². The lowest BCUT2D eigenvalue weighted by molar-refractivity contribution is 0.474. The molecule has 0 bridgehead atoms. The largest absolute Gasteiger partial charge is 0.508 e. The highest BCUT2D eigenvalue weighted by molar-refractivity contribution is 7.90. The number of phenols is 1. The fraction of sp³-hybridized carbons (Fsp3) is 0.0588. The number of benzene rings is 3. The number of rotatable bonds is 3. The van der Waals surface area contributed by atoms with E-state index in [9.17, 15) is 13.5 Å². The summed E-state index contributed by atoms with van der Waals surface area (Å²) >= 11 is 0. The molecular formula is C17H14N2O3S. The number of aryl methyl sites for hydroxylation is 1. The van der Waals surface area contributed by atoms with E-state index in [2.05, 4.69) is 9.63 Å². The Labute approximate surface area is 134 Å². The van der Waals surface area contributed by atoms with E-state index in [0.29, 0.717) is 16.5 Å². The molecule has 0 atom stereocenters. The van der Waals surface area contributed by atoms with Gasteiger partial charge in [-0.05, 0) is 36.1 Å². The second-order valence-electron chi connectivity index (χ2n) is 5.16. The number of aromatic hydroxyl groups is 1. The van der Waals surface area contributed by atoms with E-state index in [4.69, 9.17) is 0 Å². The molecule has 6 heteroatoms. The lowest BCUT2D eigenvalue weighted by Crippen LogP contribution is -1.97.